The van der Waals surface area contributed by atoms with Gasteiger partial charge in [0, 0.05) is 11.0 Å². The normalized spacial score (nSPS) is 12.7. The van der Waals surface area contributed by atoms with Crippen LogP contribution in [0.25, 0.3) is 0 Å². The molecule has 2 aromatic carbocycles. The quantitative estimate of drug-likeness (QED) is 0.217. The van der Waals surface area contributed by atoms with Crippen LogP contribution in [0.4, 0.5) is 0 Å². The number of rotatable bonds is 18. The Bertz CT molecular complexity index is 776. The molecule has 1 heteroatoms. The lowest BCUT2D eigenvalue weighted by Gasteiger charge is -2.32. The van der Waals surface area contributed by atoms with Crippen LogP contribution in [0.15, 0.2) is 48.5 Å². The van der Waals surface area contributed by atoms with Gasteiger partial charge in [0.05, 0.1) is 0 Å². The number of phenols is 1. The van der Waals surface area contributed by atoms with Crippen molar-refractivity contribution in [2.24, 2.45) is 0 Å². The first-order chi connectivity index (χ1) is 16.5. The summed E-state index contributed by atoms with van der Waals surface area (Å²) in [4.78, 5) is 0. The molecule has 0 aliphatic rings. The first-order valence-corrected chi connectivity index (χ1v) is 14.4. The summed E-state index contributed by atoms with van der Waals surface area (Å²) in [5, 5.41) is 11.1. The summed E-state index contributed by atoms with van der Waals surface area (Å²) in [6.07, 6.45) is 20.0. The third-order valence-electron chi connectivity index (χ3n) is 7.70. The summed E-state index contributed by atoms with van der Waals surface area (Å²) in [7, 11) is 0. The van der Waals surface area contributed by atoms with Crippen LogP contribution in [-0.2, 0) is 5.41 Å². The monoisotopic (exact) mass is 464 g/mol. The lowest BCUT2D eigenvalue weighted by molar-refractivity contribution is 0.439. The van der Waals surface area contributed by atoms with Crippen LogP contribution in [0, 0.1) is 0 Å². The Labute approximate surface area is 211 Å². The molecule has 2 aromatic rings. The van der Waals surface area contributed by atoms with Gasteiger partial charge in [-0.1, -0.05) is 154 Å². The molecule has 1 N–H and O–H groups in total. The van der Waals surface area contributed by atoms with E-state index in [1.807, 2.05) is 6.07 Å². The number of benzene rings is 2. The Morgan fingerprint density at radius 2 is 1.12 bits per heavy atom. The largest absolute Gasteiger partial charge is 0.508 e. The van der Waals surface area contributed by atoms with Crippen molar-refractivity contribution in [3.63, 3.8) is 0 Å². The lowest BCUT2D eigenvalue weighted by atomic mass is 9.72. The number of phenolic OH excluding ortho intramolecular Hbond substituents is 1. The summed E-state index contributed by atoms with van der Waals surface area (Å²) < 4.78 is 0. The number of hydrogen-bond acceptors (Lipinski definition) is 1. The van der Waals surface area contributed by atoms with Crippen molar-refractivity contribution in [3.05, 3.63) is 65.2 Å². The summed E-state index contributed by atoms with van der Waals surface area (Å²) in [5.41, 5.74) is 3.57. The Morgan fingerprint density at radius 3 is 1.65 bits per heavy atom. The van der Waals surface area contributed by atoms with Crippen LogP contribution >= 0.6 is 0 Å². The second-order valence-corrected chi connectivity index (χ2v) is 10.9. The van der Waals surface area contributed by atoms with E-state index in [4.69, 9.17) is 0 Å². The Hall–Kier alpha value is -1.76. The summed E-state index contributed by atoms with van der Waals surface area (Å²) in [6.45, 7) is 9.12. The molecule has 0 aliphatic carbocycles. The van der Waals surface area contributed by atoms with Crippen molar-refractivity contribution in [3.8, 4) is 5.75 Å². The molecule has 190 valence electrons. The molecule has 1 nitrogen and oxygen atoms in total. The van der Waals surface area contributed by atoms with E-state index in [2.05, 4.69) is 70.2 Å². The minimum absolute atomic E-state index is 0.221. The highest BCUT2D eigenvalue weighted by Gasteiger charge is 2.31. The van der Waals surface area contributed by atoms with E-state index in [1.165, 1.54) is 107 Å². The van der Waals surface area contributed by atoms with Crippen LogP contribution in [0.5, 0.6) is 5.75 Å². The van der Waals surface area contributed by atoms with Gasteiger partial charge in [0.2, 0.25) is 0 Å². The Morgan fingerprint density at radius 1 is 0.618 bits per heavy atom. The number of hydrogen-bond donors (Lipinski definition) is 1. The standard InChI is InChI=1S/C33H52O/c1-5-7-9-11-13-15-18-23-28(22-17-14-12-10-8-6-2)30-26-21-27-31(34)32(30)33(3,4)29-24-19-16-20-25-29/h16,19-21,24-28,34H,5-15,17-18,22-23H2,1-4H3. The molecule has 0 heterocycles. The van der Waals surface area contributed by atoms with Gasteiger partial charge in [-0.05, 0) is 36.0 Å². The molecule has 0 spiro atoms. The summed E-state index contributed by atoms with van der Waals surface area (Å²) >= 11 is 0. The molecule has 34 heavy (non-hydrogen) atoms. The van der Waals surface area contributed by atoms with Crippen LogP contribution in [0.3, 0.4) is 0 Å². The zero-order chi connectivity index (χ0) is 24.7. The fourth-order valence-corrected chi connectivity index (χ4v) is 5.55. The molecular weight excluding hydrogens is 412 g/mol. The molecule has 0 radical (unpaired) electrons. The van der Waals surface area contributed by atoms with Crippen LogP contribution in [0.1, 0.15) is 147 Å². The van der Waals surface area contributed by atoms with Gasteiger partial charge in [-0.15, -0.1) is 0 Å². The highest BCUT2D eigenvalue weighted by atomic mass is 16.3. The predicted molar refractivity (Wildman–Crippen MR) is 150 cm³/mol. The van der Waals surface area contributed by atoms with Gasteiger partial charge in [-0.3, -0.25) is 0 Å². The molecule has 1 unspecified atom stereocenters. The number of aromatic hydroxyl groups is 1. The molecule has 0 aromatic heterocycles. The maximum atomic E-state index is 11.1. The lowest BCUT2D eigenvalue weighted by Crippen LogP contribution is -2.22. The zero-order valence-corrected chi connectivity index (χ0v) is 22.7. The van der Waals surface area contributed by atoms with Crippen molar-refractivity contribution in [2.45, 2.75) is 135 Å². The van der Waals surface area contributed by atoms with Gasteiger partial charge in [0.15, 0.2) is 0 Å². The predicted octanol–water partition coefficient (Wildman–Crippen LogP) is 10.7. The van der Waals surface area contributed by atoms with Crippen molar-refractivity contribution in [1.82, 2.24) is 0 Å². The van der Waals surface area contributed by atoms with E-state index >= 15 is 0 Å². The Balaban J connectivity index is 2.17. The minimum Gasteiger partial charge on any atom is -0.508 e. The Kier molecular flexibility index (Phi) is 13.4. The first kappa shape index (κ1) is 28.5. The van der Waals surface area contributed by atoms with Crippen molar-refractivity contribution in [1.29, 1.82) is 0 Å². The maximum absolute atomic E-state index is 11.1. The van der Waals surface area contributed by atoms with E-state index in [0.717, 1.165) is 5.56 Å². The molecule has 0 aliphatic heterocycles. The molecule has 0 fully saturated rings. The first-order valence-electron chi connectivity index (χ1n) is 14.4. The topological polar surface area (TPSA) is 20.2 Å². The van der Waals surface area contributed by atoms with E-state index in [9.17, 15) is 5.11 Å². The highest BCUT2D eigenvalue weighted by Crippen LogP contribution is 2.43. The highest BCUT2D eigenvalue weighted by molar-refractivity contribution is 5.51. The van der Waals surface area contributed by atoms with Crippen molar-refractivity contribution >= 4 is 0 Å². The smallest absolute Gasteiger partial charge is 0.119 e. The summed E-state index contributed by atoms with van der Waals surface area (Å²) in [5.74, 6) is 0.991. The van der Waals surface area contributed by atoms with E-state index in [-0.39, 0.29) is 5.41 Å². The van der Waals surface area contributed by atoms with Crippen molar-refractivity contribution < 1.29 is 5.11 Å². The second kappa shape index (κ2) is 16.0. The van der Waals surface area contributed by atoms with Crippen LogP contribution < -0.4 is 0 Å². The average Bonchev–Trinajstić information content (AvgIpc) is 2.84. The molecule has 2 rings (SSSR count). The molecule has 0 bridgehead atoms. The van der Waals surface area contributed by atoms with Gasteiger partial charge < -0.3 is 5.11 Å². The fraction of sp³-hybridized carbons (Fsp3) is 0.636. The SMILES string of the molecule is CCCCCCCCCC(CCCCCCCC)c1cccc(O)c1C(C)(C)c1ccccc1. The van der Waals surface area contributed by atoms with E-state index in [1.54, 1.807) is 0 Å². The zero-order valence-electron chi connectivity index (χ0n) is 22.7. The van der Waals surface area contributed by atoms with Gasteiger partial charge in [0.25, 0.3) is 0 Å². The minimum atomic E-state index is -0.221. The van der Waals surface area contributed by atoms with Crippen LogP contribution in [0.2, 0.25) is 0 Å². The van der Waals surface area contributed by atoms with Gasteiger partial charge in [-0.25, -0.2) is 0 Å². The maximum Gasteiger partial charge on any atom is 0.119 e. The third kappa shape index (κ3) is 9.12. The molecular formula is C33H52O. The second-order valence-electron chi connectivity index (χ2n) is 10.9. The van der Waals surface area contributed by atoms with Crippen molar-refractivity contribution in [2.75, 3.05) is 0 Å². The van der Waals surface area contributed by atoms with Gasteiger partial charge >= 0.3 is 0 Å². The molecule has 0 saturated carbocycles. The third-order valence-corrected chi connectivity index (χ3v) is 7.70. The number of unbranched alkanes of at least 4 members (excludes halogenated alkanes) is 11. The van der Waals surface area contributed by atoms with Gasteiger partial charge in [0.1, 0.15) is 5.75 Å². The van der Waals surface area contributed by atoms with Gasteiger partial charge in [-0.2, -0.15) is 0 Å². The molecule has 0 amide bonds. The molecule has 1 atom stereocenters. The van der Waals surface area contributed by atoms with E-state index < -0.39 is 0 Å². The molecule has 0 saturated heterocycles. The fourth-order valence-electron chi connectivity index (χ4n) is 5.55. The summed E-state index contributed by atoms with van der Waals surface area (Å²) in [6, 6.07) is 17.0. The van der Waals surface area contributed by atoms with Crippen LogP contribution in [-0.4, -0.2) is 5.11 Å². The van der Waals surface area contributed by atoms with E-state index in [0.29, 0.717) is 11.7 Å². The average molecular weight is 465 g/mol.